The summed E-state index contributed by atoms with van der Waals surface area (Å²) in [5, 5.41) is 4.37. The topological polar surface area (TPSA) is 68.8 Å². The summed E-state index contributed by atoms with van der Waals surface area (Å²) in [5.41, 5.74) is 8.49. The van der Waals surface area contributed by atoms with Gasteiger partial charge in [0.15, 0.2) is 5.82 Å². The number of nitrogens with one attached hydrogen (secondary N) is 1. The third kappa shape index (κ3) is 5.16. The van der Waals surface area contributed by atoms with Crippen molar-refractivity contribution in [1.82, 2.24) is 14.5 Å². The van der Waals surface area contributed by atoms with Crippen LogP contribution in [0, 0.1) is 23.5 Å². The van der Waals surface area contributed by atoms with E-state index in [0.29, 0.717) is 12.1 Å². The standard InChI is InChI=1S/C27H23F2N5S/c28-20-6-8-23(29)19(13-20)16-34-12-10-18-14-21(7-9-25(18)34)33-27-26-24(31-17-32-27)15-22(35-26)5-3-1-2-4-11-30/h6-10,12-15,17H,1-2,4,11,16,30H2,(H,31,32,33). The van der Waals surface area contributed by atoms with Crippen LogP contribution < -0.4 is 11.1 Å². The second kappa shape index (κ2) is 10.2. The molecular formula is C27H23F2N5S. The minimum atomic E-state index is -0.449. The van der Waals surface area contributed by atoms with Crippen molar-refractivity contribution in [2.75, 3.05) is 11.9 Å². The molecule has 3 aromatic heterocycles. The number of unbranched alkanes of at least 4 members (excludes halogenated alkanes) is 2. The fraction of sp³-hybridized carbons (Fsp3) is 0.185. The van der Waals surface area contributed by atoms with Gasteiger partial charge < -0.3 is 15.6 Å². The molecule has 176 valence electrons. The molecule has 2 aromatic carbocycles. The largest absolute Gasteiger partial charge is 0.343 e. The minimum Gasteiger partial charge on any atom is -0.343 e. The van der Waals surface area contributed by atoms with Crippen molar-refractivity contribution in [2.45, 2.75) is 25.8 Å². The lowest BCUT2D eigenvalue weighted by Crippen LogP contribution is -2.01. The predicted octanol–water partition coefficient (Wildman–Crippen LogP) is 6.20. The highest BCUT2D eigenvalue weighted by Gasteiger charge is 2.11. The molecule has 0 radical (unpaired) electrons. The van der Waals surface area contributed by atoms with Gasteiger partial charge in [0.2, 0.25) is 0 Å². The molecule has 0 spiro atoms. The first kappa shape index (κ1) is 23.0. The number of nitrogens with two attached hydrogens (primary N) is 1. The molecule has 3 N–H and O–H groups in total. The lowest BCUT2D eigenvalue weighted by atomic mass is 10.2. The molecule has 0 saturated carbocycles. The number of benzene rings is 2. The Morgan fingerprint density at radius 1 is 1.03 bits per heavy atom. The minimum absolute atomic E-state index is 0.248. The Balaban J connectivity index is 1.37. The van der Waals surface area contributed by atoms with E-state index in [1.807, 2.05) is 41.1 Å². The van der Waals surface area contributed by atoms with Crippen molar-refractivity contribution in [2.24, 2.45) is 5.73 Å². The van der Waals surface area contributed by atoms with Crippen LogP contribution in [0.25, 0.3) is 21.1 Å². The zero-order valence-corrected chi connectivity index (χ0v) is 19.7. The highest BCUT2D eigenvalue weighted by Crippen LogP contribution is 2.31. The van der Waals surface area contributed by atoms with Crippen molar-refractivity contribution in [1.29, 1.82) is 0 Å². The van der Waals surface area contributed by atoms with Gasteiger partial charge in [-0.25, -0.2) is 18.7 Å². The maximum absolute atomic E-state index is 14.1. The van der Waals surface area contributed by atoms with Crippen LogP contribution in [0.3, 0.4) is 0 Å². The third-order valence-corrected chi connectivity index (χ3v) is 6.71. The number of halogens is 2. The highest BCUT2D eigenvalue weighted by molar-refractivity contribution is 7.20. The van der Waals surface area contributed by atoms with E-state index in [1.54, 1.807) is 17.7 Å². The number of anilines is 2. The third-order valence-electron chi connectivity index (χ3n) is 5.66. The van der Waals surface area contributed by atoms with Gasteiger partial charge in [-0.2, -0.15) is 0 Å². The van der Waals surface area contributed by atoms with E-state index >= 15 is 0 Å². The van der Waals surface area contributed by atoms with Gasteiger partial charge in [-0.05, 0) is 67.9 Å². The molecule has 0 aliphatic rings. The molecule has 5 nitrogen and oxygen atoms in total. The van der Waals surface area contributed by atoms with E-state index in [1.165, 1.54) is 6.07 Å². The van der Waals surface area contributed by atoms with Crippen LogP contribution in [0.5, 0.6) is 0 Å². The first-order chi connectivity index (χ1) is 17.1. The SMILES string of the molecule is NCCCCC#Cc1cc2ncnc(Nc3ccc4c(ccn4Cc4cc(F)ccc4F)c3)c2s1. The highest BCUT2D eigenvalue weighted by atomic mass is 32.1. The lowest BCUT2D eigenvalue weighted by molar-refractivity contribution is 0.579. The van der Waals surface area contributed by atoms with Crippen molar-refractivity contribution < 1.29 is 8.78 Å². The fourth-order valence-corrected chi connectivity index (χ4v) is 4.84. The first-order valence-electron chi connectivity index (χ1n) is 11.3. The lowest BCUT2D eigenvalue weighted by Gasteiger charge is -2.09. The van der Waals surface area contributed by atoms with E-state index in [2.05, 4.69) is 27.1 Å². The number of hydrogen-bond acceptors (Lipinski definition) is 5. The van der Waals surface area contributed by atoms with Gasteiger partial charge >= 0.3 is 0 Å². The van der Waals surface area contributed by atoms with Crippen molar-refractivity contribution in [3.63, 3.8) is 0 Å². The molecule has 0 unspecified atom stereocenters. The number of nitrogens with zero attached hydrogens (tertiary/aromatic N) is 3. The number of hydrogen-bond donors (Lipinski definition) is 2. The van der Waals surface area contributed by atoms with Gasteiger partial charge in [0, 0.05) is 34.8 Å². The molecule has 35 heavy (non-hydrogen) atoms. The summed E-state index contributed by atoms with van der Waals surface area (Å²) in [5.74, 6) is 6.27. The maximum atomic E-state index is 14.1. The quantitative estimate of drug-likeness (QED) is 0.212. The Morgan fingerprint density at radius 3 is 2.83 bits per heavy atom. The van der Waals surface area contributed by atoms with Gasteiger partial charge in [-0.15, -0.1) is 11.3 Å². The fourth-order valence-electron chi connectivity index (χ4n) is 3.91. The molecule has 0 saturated heterocycles. The van der Waals surface area contributed by atoms with Gasteiger partial charge in [-0.3, -0.25) is 0 Å². The molecule has 0 aliphatic carbocycles. The Labute approximate surface area is 205 Å². The zero-order valence-electron chi connectivity index (χ0n) is 18.9. The van der Waals surface area contributed by atoms with Gasteiger partial charge in [0.1, 0.15) is 18.0 Å². The summed E-state index contributed by atoms with van der Waals surface area (Å²) in [7, 11) is 0. The van der Waals surface area contributed by atoms with Crippen LogP contribution in [-0.2, 0) is 6.54 Å². The van der Waals surface area contributed by atoms with Crippen LogP contribution in [0.4, 0.5) is 20.3 Å². The van der Waals surface area contributed by atoms with E-state index in [4.69, 9.17) is 5.73 Å². The number of fused-ring (bicyclic) bond motifs is 2. The molecular weight excluding hydrogens is 464 g/mol. The second-order valence-corrected chi connectivity index (χ2v) is 9.23. The monoisotopic (exact) mass is 487 g/mol. The van der Waals surface area contributed by atoms with Crippen LogP contribution in [-0.4, -0.2) is 21.1 Å². The molecule has 0 aliphatic heterocycles. The molecule has 5 rings (SSSR count). The average Bonchev–Trinajstić information content (AvgIpc) is 3.45. The summed E-state index contributed by atoms with van der Waals surface area (Å²) in [4.78, 5) is 9.77. The second-order valence-electron chi connectivity index (χ2n) is 8.17. The zero-order chi connectivity index (χ0) is 24.2. The first-order valence-corrected chi connectivity index (χ1v) is 12.2. The molecule has 0 amide bonds. The van der Waals surface area contributed by atoms with Crippen LogP contribution in [0.1, 0.15) is 29.7 Å². The number of rotatable bonds is 7. The van der Waals surface area contributed by atoms with Crippen molar-refractivity contribution in [3.8, 4) is 11.8 Å². The summed E-state index contributed by atoms with van der Waals surface area (Å²) < 4.78 is 30.5. The van der Waals surface area contributed by atoms with E-state index in [0.717, 1.165) is 68.9 Å². The van der Waals surface area contributed by atoms with E-state index in [9.17, 15) is 8.78 Å². The maximum Gasteiger partial charge on any atom is 0.151 e. The Morgan fingerprint density at radius 2 is 1.94 bits per heavy atom. The van der Waals surface area contributed by atoms with Crippen LogP contribution in [0.15, 0.2) is 61.1 Å². The molecule has 0 bridgehead atoms. The van der Waals surface area contributed by atoms with Gasteiger partial charge in [-0.1, -0.05) is 11.8 Å². The Hall–Kier alpha value is -3.80. The van der Waals surface area contributed by atoms with Gasteiger partial charge in [0.05, 0.1) is 21.6 Å². The molecule has 0 atom stereocenters. The molecule has 8 heteroatoms. The molecule has 0 fully saturated rings. The predicted molar refractivity (Wildman–Crippen MR) is 138 cm³/mol. The smallest absolute Gasteiger partial charge is 0.151 e. The van der Waals surface area contributed by atoms with E-state index < -0.39 is 11.6 Å². The van der Waals surface area contributed by atoms with Crippen molar-refractivity contribution >= 4 is 44.0 Å². The summed E-state index contributed by atoms with van der Waals surface area (Å²) >= 11 is 1.56. The van der Waals surface area contributed by atoms with Crippen molar-refractivity contribution in [3.05, 3.63) is 83.1 Å². The summed E-state index contributed by atoms with van der Waals surface area (Å²) in [6.07, 6.45) is 6.23. The van der Waals surface area contributed by atoms with E-state index in [-0.39, 0.29) is 6.54 Å². The van der Waals surface area contributed by atoms with Gasteiger partial charge in [0.25, 0.3) is 0 Å². The molecule has 3 heterocycles. The normalized spacial score (nSPS) is 11.1. The van der Waals surface area contributed by atoms with Crippen LogP contribution in [0.2, 0.25) is 0 Å². The number of thiophene rings is 1. The molecule has 5 aromatic rings. The average molecular weight is 488 g/mol. The number of aromatic nitrogens is 3. The summed E-state index contributed by atoms with van der Waals surface area (Å²) in [6.45, 7) is 0.939. The van der Waals surface area contributed by atoms with Crippen LogP contribution >= 0.6 is 11.3 Å². The Kier molecular flexibility index (Phi) is 6.70. The summed E-state index contributed by atoms with van der Waals surface area (Å²) in [6, 6.07) is 13.4. The Bertz CT molecular complexity index is 1560.